The van der Waals surface area contributed by atoms with Gasteiger partial charge < -0.3 is 0 Å². The fourth-order valence-corrected chi connectivity index (χ4v) is 2.74. The molecule has 0 saturated carbocycles. The maximum atomic E-state index is 13.7. The van der Waals surface area contributed by atoms with Crippen LogP contribution in [0.1, 0.15) is 24.7 Å². The second-order valence-electron chi connectivity index (χ2n) is 4.14. The van der Waals surface area contributed by atoms with E-state index in [1.807, 2.05) is 6.92 Å². The zero-order valence-corrected chi connectivity index (χ0v) is 12.4. The number of hydrogen-bond donors (Lipinski definition) is 0. The van der Waals surface area contributed by atoms with Crippen LogP contribution >= 0.6 is 23.4 Å². The molecule has 0 spiro atoms. The molecular formula is C14H14ClFN2S. The van der Waals surface area contributed by atoms with Gasteiger partial charge >= 0.3 is 0 Å². The number of aryl methyl sites for hydroxylation is 1. The first kappa shape index (κ1) is 14.3. The lowest BCUT2D eigenvalue weighted by molar-refractivity contribution is 0.602. The van der Waals surface area contributed by atoms with E-state index in [0.29, 0.717) is 20.9 Å². The average molecular weight is 297 g/mol. The topological polar surface area (TPSA) is 25.8 Å². The second kappa shape index (κ2) is 6.35. The molecule has 0 unspecified atom stereocenters. The minimum atomic E-state index is -0.251. The molecule has 1 aromatic heterocycles. The molecule has 100 valence electrons. The van der Waals surface area contributed by atoms with Crippen LogP contribution in [0.25, 0.3) is 0 Å². The van der Waals surface area contributed by atoms with E-state index in [0.717, 1.165) is 18.4 Å². The Bertz CT molecular complexity index is 590. The first-order chi connectivity index (χ1) is 9.11. The summed E-state index contributed by atoms with van der Waals surface area (Å²) in [4.78, 5) is 9.24. The lowest BCUT2D eigenvalue weighted by Crippen LogP contribution is -1.99. The first-order valence-electron chi connectivity index (χ1n) is 6.07. The highest BCUT2D eigenvalue weighted by atomic mass is 35.5. The van der Waals surface area contributed by atoms with Crippen LogP contribution in [0.3, 0.4) is 0 Å². The van der Waals surface area contributed by atoms with E-state index >= 15 is 0 Å². The van der Waals surface area contributed by atoms with Crippen molar-refractivity contribution in [1.82, 2.24) is 9.97 Å². The third kappa shape index (κ3) is 3.45. The van der Waals surface area contributed by atoms with Crippen LogP contribution in [-0.2, 0) is 6.42 Å². The molecule has 0 aliphatic carbocycles. The monoisotopic (exact) mass is 296 g/mol. The zero-order chi connectivity index (χ0) is 13.8. The maximum Gasteiger partial charge on any atom is 0.137 e. The Morgan fingerprint density at radius 3 is 2.68 bits per heavy atom. The van der Waals surface area contributed by atoms with Gasteiger partial charge in [-0.25, -0.2) is 14.4 Å². The van der Waals surface area contributed by atoms with Gasteiger partial charge in [-0.3, -0.25) is 0 Å². The maximum absolute atomic E-state index is 13.7. The lowest BCUT2D eigenvalue weighted by atomic mass is 10.3. The molecule has 0 fully saturated rings. The van der Waals surface area contributed by atoms with Gasteiger partial charge in [-0.1, -0.05) is 42.4 Å². The lowest BCUT2D eigenvalue weighted by Gasteiger charge is -2.09. The molecule has 0 amide bonds. The quantitative estimate of drug-likeness (QED) is 0.766. The van der Waals surface area contributed by atoms with Gasteiger partial charge in [-0.05, 0) is 25.5 Å². The minimum absolute atomic E-state index is 0.251. The van der Waals surface area contributed by atoms with Crippen LogP contribution in [0.4, 0.5) is 4.39 Å². The Balaban J connectivity index is 2.36. The molecule has 0 radical (unpaired) electrons. The molecule has 1 heterocycles. The van der Waals surface area contributed by atoms with Gasteiger partial charge in [-0.15, -0.1) is 0 Å². The van der Waals surface area contributed by atoms with Crippen LogP contribution in [0.5, 0.6) is 0 Å². The van der Waals surface area contributed by atoms with Crippen LogP contribution in [0, 0.1) is 12.7 Å². The highest BCUT2D eigenvalue weighted by molar-refractivity contribution is 7.99. The molecule has 2 nitrogen and oxygen atoms in total. The molecule has 19 heavy (non-hydrogen) atoms. The Labute approximate surface area is 121 Å². The Kier molecular flexibility index (Phi) is 4.77. The van der Waals surface area contributed by atoms with E-state index in [9.17, 15) is 4.39 Å². The predicted octanol–water partition coefficient (Wildman–Crippen LogP) is 4.68. The normalized spacial score (nSPS) is 10.7. The molecule has 0 aliphatic rings. The van der Waals surface area contributed by atoms with Crippen molar-refractivity contribution in [2.24, 2.45) is 0 Å². The van der Waals surface area contributed by atoms with Gasteiger partial charge in [0.05, 0.1) is 0 Å². The highest BCUT2D eigenvalue weighted by Crippen LogP contribution is 2.32. The van der Waals surface area contributed by atoms with E-state index in [1.165, 1.54) is 17.8 Å². The van der Waals surface area contributed by atoms with Crippen molar-refractivity contribution in [2.75, 3.05) is 0 Å². The summed E-state index contributed by atoms with van der Waals surface area (Å²) in [7, 11) is 0. The van der Waals surface area contributed by atoms with Crippen LogP contribution in [0.2, 0.25) is 5.15 Å². The smallest absolute Gasteiger partial charge is 0.137 e. The van der Waals surface area contributed by atoms with Crippen molar-refractivity contribution in [3.05, 3.63) is 46.6 Å². The summed E-state index contributed by atoms with van der Waals surface area (Å²) >= 11 is 7.39. The standard InChI is InChI=1S/C14H14ClFN2S/c1-3-6-12-17-13(15)9(2)14(18-12)19-11-8-5-4-7-10(11)16/h4-5,7-8H,3,6H2,1-2H3. The molecule has 0 saturated heterocycles. The number of rotatable bonds is 4. The first-order valence-corrected chi connectivity index (χ1v) is 7.26. The fraction of sp³-hybridized carbons (Fsp3) is 0.286. The van der Waals surface area contributed by atoms with Gasteiger partial charge in [0, 0.05) is 16.9 Å². The largest absolute Gasteiger partial charge is 0.226 e. The summed E-state index contributed by atoms with van der Waals surface area (Å²) in [5.41, 5.74) is 0.787. The Morgan fingerprint density at radius 2 is 2.00 bits per heavy atom. The molecule has 2 rings (SSSR count). The second-order valence-corrected chi connectivity index (χ2v) is 5.53. The number of hydrogen-bond acceptors (Lipinski definition) is 3. The Hall–Kier alpha value is -1.13. The zero-order valence-electron chi connectivity index (χ0n) is 10.8. The SMILES string of the molecule is CCCc1nc(Cl)c(C)c(Sc2ccccc2F)n1. The van der Waals surface area contributed by atoms with Crippen molar-refractivity contribution in [1.29, 1.82) is 0 Å². The molecule has 0 bridgehead atoms. The van der Waals surface area contributed by atoms with Crippen molar-refractivity contribution >= 4 is 23.4 Å². The summed E-state index contributed by atoms with van der Waals surface area (Å²) < 4.78 is 13.7. The van der Waals surface area contributed by atoms with Gasteiger partial charge in [0.25, 0.3) is 0 Å². The summed E-state index contributed by atoms with van der Waals surface area (Å²) in [6, 6.07) is 6.64. The third-order valence-electron chi connectivity index (χ3n) is 2.60. The van der Waals surface area contributed by atoms with E-state index in [1.54, 1.807) is 18.2 Å². The molecule has 0 N–H and O–H groups in total. The molecular weight excluding hydrogens is 283 g/mol. The van der Waals surface area contributed by atoms with Crippen molar-refractivity contribution < 1.29 is 4.39 Å². The van der Waals surface area contributed by atoms with Crippen LogP contribution in [-0.4, -0.2) is 9.97 Å². The summed E-state index contributed by atoms with van der Waals surface area (Å²) in [6.45, 7) is 3.90. The average Bonchev–Trinajstić information content (AvgIpc) is 2.38. The van der Waals surface area contributed by atoms with Gasteiger partial charge in [-0.2, -0.15) is 0 Å². The Morgan fingerprint density at radius 1 is 1.26 bits per heavy atom. The van der Waals surface area contributed by atoms with Gasteiger partial charge in [0.1, 0.15) is 21.8 Å². The molecule has 2 aromatic rings. The third-order valence-corrected chi connectivity index (χ3v) is 4.11. The highest BCUT2D eigenvalue weighted by Gasteiger charge is 2.12. The van der Waals surface area contributed by atoms with Gasteiger partial charge in [0.2, 0.25) is 0 Å². The van der Waals surface area contributed by atoms with E-state index in [4.69, 9.17) is 11.6 Å². The van der Waals surface area contributed by atoms with Crippen molar-refractivity contribution in [3.8, 4) is 0 Å². The minimum Gasteiger partial charge on any atom is -0.226 e. The van der Waals surface area contributed by atoms with Crippen molar-refractivity contribution in [2.45, 2.75) is 36.6 Å². The van der Waals surface area contributed by atoms with Gasteiger partial charge in [0.15, 0.2) is 0 Å². The summed E-state index contributed by atoms with van der Waals surface area (Å²) in [5.74, 6) is 0.454. The number of aromatic nitrogens is 2. The molecule has 0 atom stereocenters. The fourth-order valence-electron chi connectivity index (χ4n) is 1.58. The molecule has 0 aliphatic heterocycles. The molecule has 5 heteroatoms. The van der Waals surface area contributed by atoms with E-state index < -0.39 is 0 Å². The number of nitrogens with zero attached hydrogens (tertiary/aromatic N) is 2. The number of halogens is 2. The summed E-state index contributed by atoms with van der Waals surface area (Å²) in [6.07, 6.45) is 1.72. The predicted molar refractivity (Wildman–Crippen MR) is 76.3 cm³/mol. The van der Waals surface area contributed by atoms with Crippen LogP contribution < -0.4 is 0 Å². The molecule has 1 aromatic carbocycles. The summed E-state index contributed by atoms with van der Waals surface area (Å²) in [5, 5.41) is 1.16. The van der Waals surface area contributed by atoms with Crippen molar-refractivity contribution in [3.63, 3.8) is 0 Å². The van der Waals surface area contributed by atoms with Crippen LogP contribution in [0.15, 0.2) is 34.2 Å². The number of benzene rings is 1. The van der Waals surface area contributed by atoms with E-state index in [2.05, 4.69) is 16.9 Å². The van der Waals surface area contributed by atoms with E-state index in [-0.39, 0.29) is 5.82 Å².